The van der Waals surface area contributed by atoms with Gasteiger partial charge in [-0.05, 0) is 50.2 Å². The summed E-state index contributed by atoms with van der Waals surface area (Å²) in [7, 11) is -1.73. The lowest BCUT2D eigenvalue weighted by atomic mass is 10.1. The van der Waals surface area contributed by atoms with E-state index in [-0.39, 0.29) is 35.3 Å². The van der Waals surface area contributed by atoms with Crippen molar-refractivity contribution >= 4 is 27.5 Å². The van der Waals surface area contributed by atoms with E-state index < -0.39 is 21.0 Å². The van der Waals surface area contributed by atoms with Crippen molar-refractivity contribution in [3.05, 3.63) is 71.5 Å². The number of aliphatic hydroxyl groups excluding tert-OH is 1. The number of hydrogen-bond donors (Lipinski definition) is 5. The molecule has 0 radical (unpaired) electrons. The highest BCUT2D eigenvalue weighted by Crippen LogP contribution is 2.24. The summed E-state index contributed by atoms with van der Waals surface area (Å²) in [5, 5.41) is 27.8. The Morgan fingerprint density at radius 3 is 2.37 bits per heavy atom. The molecule has 0 saturated carbocycles. The molecule has 11 heteroatoms. The fourth-order valence-corrected chi connectivity index (χ4v) is 4.67. The molecule has 0 aliphatic rings. The normalized spacial score (nSPS) is 12.2. The third kappa shape index (κ3) is 6.07. The molecule has 0 aliphatic heterocycles. The van der Waals surface area contributed by atoms with Gasteiger partial charge in [0, 0.05) is 24.3 Å². The first-order valence-corrected chi connectivity index (χ1v) is 12.4. The summed E-state index contributed by atoms with van der Waals surface area (Å²) >= 11 is 0. The Labute approximate surface area is 204 Å². The first-order chi connectivity index (χ1) is 16.7. The average Bonchev–Trinajstić information content (AvgIpc) is 2.85. The molecule has 0 spiro atoms. The summed E-state index contributed by atoms with van der Waals surface area (Å²) in [5.74, 6) is -0.699. The van der Waals surface area contributed by atoms with E-state index in [4.69, 9.17) is 26.4 Å². The average molecular weight is 497 g/mol. The van der Waals surface area contributed by atoms with Gasteiger partial charge in [0.2, 0.25) is 11.8 Å². The first-order valence-electron chi connectivity index (χ1n) is 10.8. The highest BCUT2D eigenvalue weighted by molar-refractivity contribution is 7.92. The van der Waals surface area contributed by atoms with Crippen molar-refractivity contribution in [3.63, 3.8) is 0 Å². The molecule has 0 fully saturated rings. The lowest BCUT2D eigenvalue weighted by Crippen LogP contribution is -2.19. The minimum Gasteiger partial charge on any atom is -0.419 e. The number of nitrogens with two attached hydrogens (primary N) is 1. The fraction of sp³-hybridized carbons (Fsp3) is 0.250. The van der Waals surface area contributed by atoms with Crippen LogP contribution in [-0.2, 0) is 21.1 Å². The number of ether oxygens (including phenoxy) is 1. The van der Waals surface area contributed by atoms with Crippen molar-refractivity contribution in [1.82, 2.24) is 15.3 Å². The number of benzene rings is 2. The predicted molar refractivity (Wildman–Crippen MR) is 134 cm³/mol. The van der Waals surface area contributed by atoms with Gasteiger partial charge in [0.15, 0.2) is 21.3 Å². The monoisotopic (exact) mass is 496 g/mol. The number of aliphatic hydroxyl groups is 1. The van der Waals surface area contributed by atoms with Gasteiger partial charge >= 0.3 is 0 Å². The van der Waals surface area contributed by atoms with Gasteiger partial charge in [-0.15, -0.1) is 0 Å². The Kier molecular flexibility index (Phi) is 8.28. The number of aromatic nitrogens is 2. The van der Waals surface area contributed by atoms with Gasteiger partial charge in [-0.25, -0.2) is 18.4 Å². The number of sulfone groups is 1. The van der Waals surface area contributed by atoms with Crippen LogP contribution in [0.15, 0.2) is 59.6 Å². The van der Waals surface area contributed by atoms with E-state index in [2.05, 4.69) is 15.3 Å². The molecule has 1 heterocycles. The molecule has 0 amide bonds. The maximum absolute atomic E-state index is 12.6. The highest BCUT2D eigenvalue weighted by atomic mass is 32.2. The maximum atomic E-state index is 12.6. The molecule has 3 aromatic rings. The third-order valence-corrected chi connectivity index (χ3v) is 7.59. The molecule has 1 atom stereocenters. The maximum Gasteiger partial charge on any atom is 0.243 e. The molecule has 1 aromatic heterocycles. The lowest BCUT2D eigenvalue weighted by molar-refractivity contribution is 0.287. The molecule has 6 N–H and O–H groups in total. The first kappa shape index (κ1) is 25.9. The quantitative estimate of drug-likeness (QED) is 0.221. The topological polar surface area (TPSA) is 175 Å². The smallest absolute Gasteiger partial charge is 0.243 e. The molecule has 0 bridgehead atoms. The Balaban J connectivity index is 1.79. The highest BCUT2D eigenvalue weighted by Gasteiger charge is 2.23. The van der Waals surface area contributed by atoms with E-state index in [9.17, 15) is 8.42 Å². The number of anilines is 1. The minimum atomic E-state index is -3.57. The largest absolute Gasteiger partial charge is 0.419 e. The molecule has 0 aliphatic carbocycles. The fourth-order valence-electron chi connectivity index (χ4n) is 3.28. The molecule has 1 unspecified atom stereocenters. The number of nitrogens with one attached hydrogen (secondary N) is 3. The van der Waals surface area contributed by atoms with Gasteiger partial charge in [-0.1, -0.05) is 24.3 Å². The summed E-state index contributed by atoms with van der Waals surface area (Å²) in [4.78, 5) is 8.58. The summed E-state index contributed by atoms with van der Waals surface area (Å²) in [5.41, 5.74) is 8.33. The van der Waals surface area contributed by atoms with Crippen LogP contribution in [0, 0.1) is 10.8 Å². The van der Waals surface area contributed by atoms with Crippen LogP contribution in [0.5, 0.6) is 0 Å². The zero-order valence-electron chi connectivity index (χ0n) is 19.4. The SMILES string of the molecule is CNCc1ccc(C(=N)OC(=N)c2nc(-c3ccc(S(=O)(=O)C(C)CCO)cc3)cnc2N)cc1. The molecular weight excluding hydrogens is 468 g/mol. The number of rotatable bonds is 9. The van der Waals surface area contributed by atoms with Crippen molar-refractivity contribution < 1.29 is 18.3 Å². The van der Waals surface area contributed by atoms with Crippen LogP contribution in [0.3, 0.4) is 0 Å². The van der Waals surface area contributed by atoms with Crippen LogP contribution in [-0.4, -0.2) is 54.2 Å². The predicted octanol–water partition coefficient (Wildman–Crippen LogP) is 2.36. The van der Waals surface area contributed by atoms with E-state index in [0.29, 0.717) is 23.4 Å². The van der Waals surface area contributed by atoms with Gasteiger partial charge < -0.3 is 20.9 Å². The number of nitrogen functional groups attached to an aromatic ring is 1. The van der Waals surface area contributed by atoms with Crippen LogP contribution in [0.25, 0.3) is 11.3 Å². The second-order valence-electron chi connectivity index (χ2n) is 7.87. The Hall–Kier alpha value is -3.67. The standard InChI is InChI=1S/C24H28N6O4S/c1-15(11-12-31)35(32,33)19-9-7-17(8-10-19)20-14-29-22(25)21(30-20)24(27)34-23(26)18-5-3-16(4-6-18)13-28-2/h3-10,14-15,26-28,31H,11-13H2,1-2H3,(H2,25,29). The second kappa shape index (κ2) is 11.2. The zero-order chi connectivity index (χ0) is 25.6. The molecule has 184 valence electrons. The summed E-state index contributed by atoms with van der Waals surface area (Å²) in [6.07, 6.45) is 1.56. The van der Waals surface area contributed by atoms with E-state index >= 15 is 0 Å². The molecular formula is C24H28N6O4S. The van der Waals surface area contributed by atoms with Gasteiger partial charge in [0.25, 0.3) is 0 Å². The Morgan fingerprint density at radius 2 is 1.77 bits per heavy atom. The third-order valence-electron chi connectivity index (χ3n) is 5.36. The molecule has 2 aromatic carbocycles. The second-order valence-corrected chi connectivity index (χ2v) is 10.2. The van der Waals surface area contributed by atoms with Crippen LogP contribution >= 0.6 is 0 Å². The number of nitrogens with zero attached hydrogens (tertiary/aromatic N) is 2. The lowest BCUT2D eigenvalue weighted by Gasteiger charge is -2.13. The molecule has 3 rings (SSSR count). The van der Waals surface area contributed by atoms with Crippen molar-refractivity contribution in [2.24, 2.45) is 0 Å². The van der Waals surface area contributed by atoms with Crippen LogP contribution in [0.2, 0.25) is 0 Å². The number of hydrogen-bond acceptors (Lipinski definition) is 10. The van der Waals surface area contributed by atoms with Crippen molar-refractivity contribution in [2.75, 3.05) is 19.4 Å². The van der Waals surface area contributed by atoms with Crippen molar-refractivity contribution in [3.8, 4) is 11.3 Å². The van der Waals surface area contributed by atoms with Crippen molar-refractivity contribution in [2.45, 2.75) is 30.0 Å². The van der Waals surface area contributed by atoms with Gasteiger partial charge in [-0.3, -0.25) is 10.8 Å². The van der Waals surface area contributed by atoms with Gasteiger partial charge in [0.1, 0.15) is 0 Å². The van der Waals surface area contributed by atoms with E-state index in [1.165, 1.54) is 18.3 Å². The summed E-state index contributed by atoms with van der Waals surface area (Å²) in [6.45, 7) is 2.03. The van der Waals surface area contributed by atoms with Crippen LogP contribution in [0.4, 0.5) is 5.82 Å². The molecule has 0 saturated heterocycles. The van der Waals surface area contributed by atoms with Gasteiger partial charge in [-0.2, -0.15) is 0 Å². The molecule has 35 heavy (non-hydrogen) atoms. The van der Waals surface area contributed by atoms with Crippen LogP contribution < -0.4 is 11.1 Å². The van der Waals surface area contributed by atoms with E-state index in [1.54, 1.807) is 31.2 Å². The summed E-state index contributed by atoms with van der Waals surface area (Å²) in [6, 6.07) is 13.3. The van der Waals surface area contributed by atoms with Gasteiger partial charge in [0.05, 0.1) is 22.0 Å². The van der Waals surface area contributed by atoms with E-state index in [1.807, 2.05) is 19.2 Å². The van der Waals surface area contributed by atoms with Crippen molar-refractivity contribution in [1.29, 1.82) is 10.8 Å². The Bertz CT molecular complexity index is 1310. The summed E-state index contributed by atoms with van der Waals surface area (Å²) < 4.78 is 30.6. The van der Waals surface area contributed by atoms with E-state index in [0.717, 1.165) is 5.56 Å². The van der Waals surface area contributed by atoms with Crippen LogP contribution in [0.1, 0.15) is 30.2 Å². The zero-order valence-corrected chi connectivity index (χ0v) is 20.3. The molecule has 10 nitrogen and oxygen atoms in total. The Morgan fingerprint density at radius 1 is 1.11 bits per heavy atom. The minimum absolute atomic E-state index is 0.0343.